The van der Waals surface area contributed by atoms with Crippen LogP contribution >= 0.6 is 0 Å². The Bertz CT molecular complexity index is 878. The van der Waals surface area contributed by atoms with Gasteiger partial charge in [-0.1, -0.05) is 0 Å². The first-order chi connectivity index (χ1) is 8.58. The zero-order valence-electron chi connectivity index (χ0n) is 9.56. The fourth-order valence-corrected chi connectivity index (χ4v) is 2.16. The molecule has 18 heavy (non-hydrogen) atoms. The van der Waals surface area contributed by atoms with Gasteiger partial charge in [-0.2, -0.15) is 5.10 Å². The molecule has 0 aliphatic heterocycles. The lowest BCUT2D eigenvalue weighted by molar-refractivity contribution is 0.497. The van der Waals surface area contributed by atoms with E-state index in [0.29, 0.717) is 32.7 Å². The maximum absolute atomic E-state index is 11.8. The van der Waals surface area contributed by atoms with Crippen LogP contribution in [0.25, 0.3) is 27.4 Å². The second kappa shape index (κ2) is 3.43. The minimum Gasteiger partial charge on any atom is -0.510 e. The van der Waals surface area contributed by atoms with Gasteiger partial charge in [0.25, 0.3) is 5.56 Å². The van der Waals surface area contributed by atoms with Gasteiger partial charge in [0.1, 0.15) is 5.76 Å². The van der Waals surface area contributed by atoms with Crippen LogP contribution in [0.3, 0.4) is 0 Å². The molecule has 4 N–H and O–H groups in total. The third-order valence-electron chi connectivity index (χ3n) is 2.89. The number of anilines is 1. The van der Waals surface area contributed by atoms with E-state index >= 15 is 0 Å². The van der Waals surface area contributed by atoms with E-state index in [1.54, 1.807) is 19.1 Å². The molecule has 3 aromatic rings. The number of hydrogen-bond acceptors (Lipinski definition) is 5. The summed E-state index contributed by atoms with van der Waals surface area (Å²) in [7, 11) is 0. The van der Waals surface area contributed by atoms with Crippen molar-refractivity contribution >= 4 is 33.1 Å². The van der Waals surface area contributed by atoms with Crippen molar-refractivity contribution in [2.75, 3.05) is 5.73 Å². The molecule has 0 unspecified atom stereocenters. The van der Waals surface area contributed by atoms with Crippen molar-refractivity contribution in [1.82, 2.24) is 15.2 Å². The van der Waals surface area contributed by atoms with E-state index in [0.717, 1.165) is 0 Å². The van der Waals surface area contributed by atoms with E-state index in [9.17, 15) is 9.90 Å². The molecule has 0 fully saturated rings. The Morgan fingerprint density at radius 2 is 2.17 bits per heavy atom. The van der Waals surface area contributed by atoms with Gasteiger partial charge in [0.05, 0.1) is 16.9 Å². The summed E-state index contributed by atoms with van der Waals surface area (Å²) in [6.45, 7) is 1.56. The van der Waals surface area contributed by atoms with Gasteiger partial charge < -0.3 is 15.8 Å². The topological polar surface area (TPSA) is 105 Å². The summed E-state index contributed by atoms with van der Waals surface area (Å²) in [5.74, 6) is 0.117. The van der Waals surface area contributed by atoms with Crippen molar-refractivity contribution in [2.24, 2.45) is 0 Å². The average Bonchev–Trinajstić information content (AvgIpc) is 2.58. The lowest BCUT2D eigenvalue weighted by Gasteiger charge is -1.94. The molecule has 0 saturated heterocycles. The first-order valence-corrected chi connectivity index (χ1v) is 5.34. The number of aromatic amines is 1. The molecule has 0 amide bonds. The quantitative estimate of drug-likeness (QED) is 0.497. The molecule has 0 aliphatic rings. The standard InChI is InChI=1S/C12H10N4O2/c1-5(17)11-8-4-14-16-12(18)7-2-6(13)3-9(15-11)10(7)8/h2-4,15,17H,13H2,1H3/b11-5-. The number of hydrogen-bond donors (Lipinski definition) is 3. The van der Waals surface area contributed by atoms with E-state index in [4.69, 9.17) is 5.73 Å². The molecule has 6 nitrogen and oxygen atoms in total. The van der Waals surface area contributed by atoms with Crippen LogP contribution in [0.5, 0.6) is 0 Å². The molecule has 0 bridgehead atoms. The van der Waals surface area contributed by atoms with Crippen LogP contribution in [0.2, 0.25) is 0 Å². The molecular formula is C12H10N4O2. The van der Waals surface area contributed by atoms with Crippen molar-refractivity contribution in [3.05, 3.63) is 34.0 Å². The van der Waals surface area contributed by atoms with Crippen LogP contribution in [0.15, 0.2) is 23.1 Å². The Labute approximate surface area is 101 Å². The molecule has 1 aromatic carbocycles. The van der Waals surface area contributed by atoms with Gasteiger partial charge in [-0.15, -0.1) is 5.10 Å². The van der Waals surface area contributed by atoms with Gasteiger partial charge in [-0.25, -0.2) is 0 Å². The summed E-state index contributed by atoms with van der Waals surface area (Å²) >= 11 is 0. The van der Waals surface area contributed by atoms with E-state index in [1.165, 1.54) is 6.20 Å². The number of nitrogens with one attached hydrogen (secondary N) is 1. The van der Waals surface area contributed by atoms with Gasteiger partial charge >= 0.3 is 0 Å². The first-order valence-electron chi connectivity index (χ1n) is 5.34. The van der Waals surface area contributed by atoms with Gasteiger partial charge in [0.15, 0.2) is 0 Å². The minimum absolute atomic E-state index is 0.117. The normalized spacial score (nSPS) is 13.2. The summed E-state index contributed by atoms with van der Waals surface area (Å²) in [5, 5.41) is 19.1. The molecule has 2 aromatic heterocycles. The third-order valence-corrected chi connectivity index (χ3v) is 2.89. The molecule has 3 rings (SSSR count). The van der Waals surface area contributed by atoms with Gasteiger partial charge in [0, 0.05) is 22.0 Å². The highest BCUT2D eigenvalue weighted by Gasteiger charge is 2.10. The summed E-state index contributed by atoms with van der Waals surface area (Å²) in [5.41, 5.74) is 6.44. The molecule has 0 spiro atoms. The SMILES string of the molecule is C/C(O)=c1/[nH]c2cc(N)cc3c(=O)nncc1c23. The highest BCUT2D eigenvalue weighted by Crippen LogP contribution is 2.22. The lowest BCUT2D eigenvalue weighted by Crippen LogP contribution is -2.05. The number of aliphatic hydroxyl groups excluding tert-OH is 1. The predicted octanol–water partition coefficient (Wildman–Crippen LogP) is 0.459. The number of aromatic nitrogens is 3. The lowest BCUT2D eigenvalue weighted by atomic mass is 10.1. The molecule has 0 radical (unpaired) electrons. The van der Waals surface area contributed by atoms with Crippen molar-refractivity contribution in [2.45, 2.75) is 6.92 Å². The Kier molecular flexibility index (Phi) is 2.00. The third kappa shape index (κ3) is 1.32. The highest BCUT2D eigenvalue weighted by molar-refractivity contribution is 6.09. The molecule has 0 aliphatic carbocycles. The van der Waals surface area contributed by atoms with E-state index < -0.39 is 5.56 Å². The number of nitrogens with two attached hydrogens (primary N) is 1. The zero-order chi connectivity index (χ0) is 12.9. The monoisotopic (exact) mass is 242 g/mol. The number of aliphatic hydroxyl groups is 1. The van der Waals surface area contributed by atoms with E-state index in [-0.39, 0.29) is 5.76 Å². The van der Waals surface area contributed by atoms with Gasteiger partial charge in [0.2, 0.25) is 0 Å². The molecule has 90 valence electrons. The van der Waals surface area contributed by atoms with Crippen LogP contribution < -0.4 is 16.6 Å². The Morgan fingerprint density at radius 1 is 1.39 bits per heavy atom. The molecular weight excluding hydrogens is 232 g/mol. The molecule has 0 saturated carbocycles. The highest BCUT2D eigenvalue weighted by atomic mass is 16.3. The summed E-state index contributed by atoms with van der Waals surface area (Å²) in [4.78, 5) is 14.8. The number of H-pyrrole nitrogens is 1. The summed E-state index contributed by atoms with van der Waals surface area (Å²) in [6, 6.07) is 3.28. The summed E-state index contributed by atoms with van der Waals surface area (Å²) in [6.07, 6.45) is 1.46. The van der Waals surface area contributed by atoms with E-state index in [2.05, 4.69) is 15.2 Å². The maximum Gasteiger partial charge on any atom is 0.296 e. The zero-order valence-corrected chi connectivity index (χ0v) is 9.56. The van der Waals surface area contributed by atoms with Crippen molar-refractivity contribution in [1.29, 1.82) is 0 Å². The van der Waals surface area contributed by atoms with E-state index in [1.807, 2.05) is 0 Å². The van der Waals surface area contributed by atoms with Crippen LogP contribution in [0, 0.1) is 0 Å². The molecule has 6 heteroatoms. The minimum atomic E-state index is -0.441. The second-order valence-corrected chi connectivity index (χ2v) is 4.14. The molecule has 0 atom stereocenters. The number of benzene rings is 1. The predicted molar refractivity (Wildman–Crippen MR) is 69.0 cm³/mol. The maximum atomic E-state index is 11.8. The fraction of sp³-hybridized carbons (Fsp3) is 0.0833. The van der Waals surface area contributed by atoms with Crippen LogP contribution in [-0.4, -0.2) is 20.3 Å². The Hall–Kier alpha value is -2.63. The van der Waals surface area contributed by atoms with Crippen LogP contribution in [0.1, 0.15) is 6.92 Å². The van der Waals surface area contributed by atoms with Crippen LogP contribution in [0.4, 0.5) is 5.69 Å². The number of nitrogens with zero attached hydrogens (tertiary/aromatic N) is 2. The average molecular weight is 242 g/mol. The van der Waals surface area contributed by atoms with Crippen molar-refractivity contribution in [3.63, 3.8) is 0 Å². The van der Waals surface area contributed by atoms with Crippen molar-refractivity contribution < 1.29 is 5.11 Å². The molecule has 2 heterocycles. The smallest absolute Gasteiger partial charge is 0.296 e. The first kappa shape index (κ1) is 10.5. The van der Waals surface area contributed by atoms with Gasteiger partial charge in [-0.05, 0) is 19.1 Å². The number of nitrogen functional groups attached to an aromatic ring is 1. The van der Waals surface area contributed by atoms with Crippen LogP contribution in [-0.2, 0) is 0 Å². The summed E-state index contributed by atoms with van der Waals surface area (Å²) < 4.78 is 0. The Morgan fingerprint density at radius 3 is 2.89 bits per heavy atom. The fourth-order valence-electron chi connectivity index (χ4n) is 2.16. The number of rotatable bonds is 0. The van der Waals surface area contributed by atoms with Crippen molar-refractivity contribution in [3.8, 4) is 0 Å². The Balaban J connectivity index is 2.81. The van der Waals surface area contributed by atoms with Gasteiger partial charge in [-0.3, -0.25) is 4.79 Å². The second-order valence-electron chi connectivity index (χ2n) is 4.14. The largest absolute Gasteiger partial charge is 0.510 e.